The Bertz CT molecular complexity index is 1220. The lowest BCUT2D eigenvalue weighted by molar-refractivity contribution is 0.00704. The number of carbonyl (C=O) groups excluding carboxylic acids is 1. The zero-order valence-electron chi connectivity index (χ0n) is 18.0. The third-order valence-electron chi connectivity index (χ3n) is 5.03. The smallest absolute Gasteiger partial charge is 0.339 e. The van der Waals surface area contributed by atoms with Crippen molar-refractivity contribution in [3.63, 3.8) is 0 Å². The Kier molecular flexibility index (Phi) is 5.61. The topological polar surface area (TPSA) is 64.3 Å². The highest BCUT2D eigenvalue weighted by Gasteiger charge is 2.20. The van der Waals surface area contributed by atoms with E-state index in [1.54, 1.807) is 6.07 Å². The SMILES string of the molecule is CC(C)(C)OC(=O)c1ccccc1-c1ccc(Cn2c(CO)nc3ccccc32)cc1. The first-order chi connectivity index (χ1) is 14.9. The quantitative estimate of drug-likeness (QED) is 0.456. The van der Waals surface area contributed by atoms with Crippen molar-refractivity contribution in [3.05, 3.63) is 89.7 Å². The first-order valence-electron chi connectivity index (χ1n) is 10.3. The lowest BCUT2D eigenvalue weighted by Crippen LogP contribution is -2.24. The molecule has 5 nitrogen and oxygen atoms in total. The minimum absolute atomic E-state index is 0.115. The molecule has 1 heterocycles. The van der Waals surface area contributed by atoms with Crippen LogP contribution in [0.2, 0.25) is 0 Å². The second-order valence-corrected chi connectivity index (χ2v) is 8.51. The number of imidazole rings is 1. The van der Waals surface area contributed by atoms with Crippen LogP contribution in [0.1, 0.15) is 42.5 Å². The lowest BCUT2D eigenvalue weighted by atomic mass is 9.98. The Labute approximate surface area is 181 Å². The van der Waals surface area contributed by atoms with Crippen LogP contribution < -0.4 is 0 Å². The Morgan fingerprint density at radius 2 is 1.65 bits per heavy atom. The summed E-state index contributed by atoms with van der Waals surface area (Å²) in [6.07, 6.45) is 0. The highest BCUT2D eigenvalue weighted by molar-refractivity contribution is 5.97. The Hall–Kier alpha value is -3.44. The van der Waals surface area contributed by atoms with Gasteiger partial charge in [-0.25, -0.2) is 9.78 Å². The zero-order chi connectivity index (χ0) is 22.0. The average molecular weight is 415 g/mol. The molecule has 0 aliphatic rings. The Morgan fingerprint density at radius 3 is 2.35 bits per heavy atom. The standard InChI is InChI=1S/C26H26N2O3/c1-26(2,3)31-25(30)21-9-5-4-8-20(21)19-14-12-18(13-15-19)16-28-23-11-7-6-10-22(23)27-24(28)17-29/h4-15,29H,16-17H2,1-3H3. The summed E-state index contributed by atoms with van der Waals surface area (Å²) in [6, 6.07) is 23.5. The molecular formula is C26H26N2O3. The van der Waals surface area contributed by atoms with Gasteiger partial charge in [-0.1, -0.05) is 54.6 Å². The molecule has 158 valence electrons. The monoisotopic (exact) mass is 414 g/mol. The maximum atomic E-state index is 12.7. The zero-order valence-corrected chi connectivity index (χ0v) is 18.0. The molecule has 0 saturated heterocycles. The summed E-state index contributed by atoms with van der Waals surface area (Å²) in [5.74, 6) is 0.310. The summed E-state index contributed by atoms with van der Waals surface area (Å²) >= 11 is 0. The maximum Gasteiger partial charge on any atom is 0.339 e. The normalized spacial score (nSPS) is 11.6. The number of aliphatic hydroxyl groups excluding tert-OH is 1. The van der Waals surface area contributed by atoms with E-state index in [0.717, 1.165) is 27.7 Å². The molecule has 0 atom stereocenters. The van der Waals surface area contributed by atoms with Crippen molar-refractivity contribution in [3.8, 4) is 11.1 Å². The first-order valence-corrected chi connectivity index (χ1v) is 10.3. The summed E-state index contributed by atoms with van der Waals surface area (Å²) < 4.78 is 7.60. The molecule has 0 aliphatic carbocycles. The van der Waals surface area contributed by atoms with E-state index in [1.807, 2.05) is 92.1 Å². The van der Waals surface area contributed by atoms with Crippen molar-refractivity contribution in [2.45, 2.75) is 39.5 Å². The van der Waals surface area contributed by atoms with Crippen LogP contribution in [0, 0.1) is 0 Å². The van der Waals surface area contributed by atoms with Crippen molar-refractivity contribution in [2.24, 2.45) is 0 Å². The second-order valence-electron chi connectivity index (χ2n) is 8.51. The van der Waals surface area contributed by atoms with Crippen molar-refractivity contribution in [1.82, 2.24) is 9.55 Å². The summed E-state index contributed by atoms with van der Waals surface area (Å²) in [5, 5.41) is 9.73. The largest absolute Gasteiger partial charge is 0.456 e. The molecule has 0 amide bonds. The third kappa shape index (κ3) is 4.52. The molecule has 0 saturated carbocycles. The van der Waals surface area contributed by atoms with Crippen LogP contribution in [0.3, 0.4) is 0 Å². The number of para-hydroxylation sites is 2. The number of rotatable bonds is 5. The van der Waals surface area contributed by atoms with Crippen LogP contribution in [-0.2, 0) is 17.9 Å². The van der Waals surface area contributed by atoms with Gasteiger partial charge in [-0.2, -0.15) is 0 Å². The fourth-order valence-corrected chi connectivity index (χ4v) is 3.64. The van der Waals surface area contributed by atoms with Gasteiger partial charge in [0.2, 0.25) is 0 Å². The van der Waals surface area contributed by atoms with Gasteiger partial charge in [0.15, 0.2) is 0 Å². The van der Waals surface area contributed by atoms with Crippen molar-refractivity contribution in [2.75, 3.05) is 0 Å². The van der Waals surface area contributed by atoms with Gasteiger partial charge in [-0.05, 0) is 55.7 Å². The number of nitrogens with zero attached hydrogens (tertiary/aromatic N) is 2. The molecule has 0 spiro atoms. The number of aromatic nitrogens is 2. The fourth-order valence-electron chi connectivity index (χ4n) is 3.64. The van der Waals surface area contributed by atoms with Crippen LogP contribution >= 0.6 is 0 Å². The highest BCUT2D eigenvalue weighted by Crippen LogP contribution is 2.27. The number of aliphatic hydroxyl groups is 1. The number of esters is 1. The molecule has 0 fully saturated rings. The average Bonchev–Trinajstić information content (AvgIpc) is 3.11. The van der Waals surface area contributed by atoms with Crippen LogP contribution in [-0.4, -0.2) is 26.2 Å². The van der Waals surface area contributed by atoms with E-state index < -0.39 is 5.60 Å². The predicted molar refractivity (Wildman–Crippen MR) is 122 cm³/mol. The fraction of sp³-hybridized carbons (Fsp3) is 0.231. The lowest BCUT2D eigenvalue weighted by Gasteiger charge is -2.20. The Morgan fingerprint density at radius 1 is 0.968 bits per heavy atom. The van der Waals surface area contributed by atoms with Gasteiger partial charge >= 0.3 is 5.97 Å². The number of fused-ring (bicyclic) bond motifs is 1. The van der Waals surface area contributed by atoms with E-state index in [9.17, 15) is 9.90 Å². The Balaban J connectivity index is 1.63. The summed E-state index contributed by atoms with van der Waals surface area (Å²) in [5.41, 5.74) is 4.73. The molecule has 0 bridgehead atoms. The molecule has 1 aromatic heterocycles. The molecule has 5 heteroatoms. The van der Waals surface area contributed by atoms with Crippen LogP contribution in [0.15, 0.2) is 72.8 Å². The number of hydrogen-bond donors (Lipinski definition) is 1. The van der Waals surface area contributed by atoms with Crippen LogP contribution in [0.25, 0.3) is 22.2 Å². The van der Waals surface area contributed by atoms with Crippen LogP contribution in [0.4, 0.5) is 0 Å². The van der Waals surface area contributed by atoms with E-state index in [0.29, 0.717) is 17.9 Å². The third-order valence-corrected chi connectivity index (χ3v) is 5.03. The number of hydrogen-bond acceptors (Lipinski definition) is 4. The maximum absolute atomic E-state index is 12.7. The predicted octanol–water partition coefficient (Wildman–Crippen LogP) is 5.20. The van der Waals surface area contributed by atoms with Crippen LogP contribution in [0.5, 0.6) is 0 Å². The van der Waals surface area contributed by atoms with E-state index in [-0.39, 0.29) is 12.6 Å². The highest BCUT2D eigenvalue weighted by atomic mass is 16.6. The second kappa shape index (κ2) is 8.36. The van der Waals surface area contributed by atoms with Gasteiger partial charge in [-0.3, -0.25) is 0 Å². The molecule has 1 N–H and O–H groups in total. The van der Waals surface area contributed by atoms with Crippen molar-refractivity contribution in [1.29, 1.82) is 0 Å². The van der Waals surface area contributed by atoms with Crippen molar-refractivity contribution >= 4 is 17.0 Å². The van der Waals surface area contributed by atoms with Gasteiger partial charge in [0, 0.05) is 6.54 Å². The summed E-state index contributed by atoms with van der Waals surface area (Å²) in [6.45, 7) is 6.08. The molecule has 0 aliphatic heterocycles. The van der Waals surface area contributed by atoms with E-state index in [1.165, 1.54) is 0 Å². The van der Waals surface area contributed by atoms with E-state index in [4.69, 9.17) is 4.74 Å². The number of benzene rings is 3. The van der Waals surface area contributed by atoms with Gasteiger partial charge in [0.05, 0.1) is 16.6 Å². The minimum atomic E-state index is -0.550. The first kappa shape index (κ1) is 20.8. The van der Waals surface area contributed by atoms with Gasteiger partial charge in [0.1, 0.15) is 18.0 Å². The van der Waals surface area contributed by atoms with Crippen molar-refractivity contribution < 1.29 is 14.6 Å². The minimum Gasteiger partial charge on any atom is -0.456 e. The molecule has 4 rings (SSSR count). The molecule has 0 unspecified atom stereocenters. The molecule has 4 aromatic rings. The molecule has 0 radical (unpaired) electrons. The summed E-state index contributed by atoms with van der Waals surface area (Å²) in [7, 11) is 0. The van der Waals surface area contributed by atoms with Gasteiger partial charge < -0.3 is 14.4 Å². The molecule has 31 heavy (non-hydrogen) atoms. The molecule has 3 aromatic carbocycles. The van der Waals surface area contributed by atoms with E-state index in [2.05, 4.69) is 4.98 Å². The number of ether oxygens (including phenoxy) is 1. The molecular weight excluding hydrogens is 388 g/mol. The van der Waals surface area contributed by atoms with Gasteiger partial charge in [0.25, 0.3) is 0 Å². The summed E-state index contributed by atoms with van der Waals surface area (Å²) in [4.78, 5) is 17.2. The number of carbonyl (C=O) groups is 1. The van der Waals surface area contributed by atoms with Gasteiger partial charge in [-0.15, -0.1) is 0 Å². The van der Waals surface area contributed by atoms with E-state index >= 15 is 0 Å².